The minimum atomic E-state index is -0.550. The molecule has 0 saturated heterocycles. The van der Waals surface area contributed by atoms with Crippen LogP contribution in [0.4, 0.5) is 4.79 Å². The van der Waals surface area contributed by atoms with Crippen molar-refractivity contribution in [3.05, 3.63) is 17.5 Å². The van der Waals surface area contributed by atoms with Gasteiger partial charge in [0.15, 0.2) is 0 Å². The summed E-state index contributed by atoms with van der Waals surface area (Å²) in [6.07, 6.45) is 1.11. The molecule has 0 fully saturated rings. The highest BCUT2D eigenvalue weighted by atomic mass is 16.6. The molecule has 0 aliphatic heterocycles. The first-order valence-corrected chi connectivity index (χ1v) is 7.33. The second-order valence-electron chi connectivity index (χ2n) is 6.07. The molecular weight excluding hydrogens is 286 g/mol. The minimum absolute atomic E-state index is 0.208. The van der Waals surface area contributed by atoms with E-state index in [2.05, 4.69) is 10.4 Å². The molecule has 0 radical (unpaired) electrons. The van der Waals surface area contributed by atoms with Crippen molar-refractivity contribution in [2.24, 2.45) is 0 Å². The van der Waals surface area contributed by atoms with Crippen LogP contribution in [0.3, 0.4) is 0 Å². The molecule has 1 heterocycles. The lowest BCUT2D eigenvalue weighted by Crippen LogP contribution is -2.36. The van der Waals surface area contributed by atoms with Gasteiger partial charge in [0, 0.05) is 12.1 Å². The summed E-state index contributed by atoms with van der Waals surface area (Å²) in [6, 6.07) is -0.208. The van der Waals surface area contributed by atoms with Crippen molar-refractivity contribution in [1.82, 2.24) is 15.1 Å². The summed E-state index contributed by atoms with van der Waals surface area (Å²) in [6.45, 7) is 11.4. The fourth-order valence-corrected chi connectivity index (χ4v) is 1.87. The van der Waals surface area contributed by atoms with E-state index in [9.17, 15) is 9.59 Å². The van der Waals surface area contributed by atoms with Gasteiger partial charge in [0.2, 0.25) is 0 Å². The number of alkyl carbamates (subject to hydrolysis) is 1. The highest BCUT2D eigenvalue weighted by Crippen LogP contribution is 2.15. The molecule has 1 aromatic rings. The normalized spacial score (nSPS) is 12.6. The van der Waals surface area contributed by atoms with Gasteiger partial charge in [0.05, 0.1) is 18.8 Å². The maximum atomic E-state index is 12.0. The third kappa shape index (κ3) is 5.05. The number of rotatable bonds is 5. The van der Waals surface area contributed by atoms with E-state index in [0.29, 0.717) is 18.8 Å². The molecule has 0 spiro atoms. The first kappa shape index (κ1) is 18.0. The molecule has 22 heavy (non-hydrogen) atoms. The van der Waals surface area contributed by atoms with Crippen LogP contribution < -0.4 is 5.32 Å². The summed E-state index contributed by atoms with van der Waals surface area (Å²) >= 11 is 0. The minimum Gasteiger partial charge on any atom is -0.461 e. The number of esters is 1. The molecule has 0 aromatic carbocycles. The van der Waals surface area contributed by atoms with Crippen molar-refractivity contribution in [1.29, 1.82) is 0 Å². The van der Waals surface area contributed by atoms with Crippen LogP contribution in [-0.2, 0) is 9.47 Å². The quantitative estimate of drug-likeness (QED) is 0.845. The number of hydrogen-bond donors (Lipinski definition) is 1. The van der Waals surface area contributed by atoms with Crippen LogP contribution >= 0.6 is 0 Å². The van der Waals surface area contributed by atoms with E-state index < -0.39 is 17.7 Å². The Morgan fingerprint density at radius 3 is 2.59 bits per heavy atom. The van der Waals surface area contributed by atoms with E-state index in [1.165, 1.54) is 0 Å². The lowest BCUT2D eigenvalue weighted by atomic mass is 10.2. The van der Waals surface area contributed by atoms with E-state index in [-0.39, 0.29) is 6.04 Å². The van der Waals surface area contributed by atoms with Gasteiger partial charge in [0.25, 0.3) is 0 Å². The standard InChI is InChI=1S/C15H25N3O4/c1-7-21-13(19)12-10(2)8-17-18(12)11(3)9-16-14(20)22-15(4,5)6/h8,11H,7,9H2,1-6H3,(H,16,20)/t11-/m0/s1. The van der Waals surface area contributed by atoms with Gasteiger partial charge in [-0.1, -0.05) is 0 Å². The van der Waals surface area contributed by atoms with Crippen molar-refractivity contribution in [3.8, 4) is 0 Å². The lowest BCUT2D eigenvalue weighted by Gasteiger charge is -2.21. The zero-order valence-corrected chi connectivity index (χ0v) is 14.1. The van der Waals surface area contributed by atoms with E-state index in [0.717, 1.165) is 5.56 Å². The van der Waals surface area contributed by atoms with Crippen molar-refractivity contribution in [3.63, 3.8) is 0 Å². The maximum Gasteiger partial charge on any atom is 0.407 e. The molecule has 0 saturated carbocycles. The number of ether oxygens (including phenoxy) is 2. The third-order valence-electron chi connectivity index (χ3n) is 2.81. The molecule has 0 aliphatic rings. The third-order valence-corrected chi connectivity index (χ3v) is 2.81. The molecule has 0 aliphatic carbocycles. The number of carbonyl (C=O) groups excluding carboxylic acids is 2. The smallest absolute Gasteiger partial charge is 0.407 e. The Balaban J connectivity index is 2.72. The van der Waals surface area contributed by atoms with E-state index >= 15 is 0 Å². The number of nitrogens with one attached hydrogen (secondary N) is 1. The number of amides is 1. The monoisotopic (exact) mass is 311 g/mol. The molecule has 0 unspecified atom stereocenters. The Morgan fingerprint density at radius 2 is 2.05 bits per heavy atom. The number of hydrogen-bond acceptors (Lipinski definition) is 5. The van der Waals surface area contributed by atoms with Crippen LogP contribution in [0.1, 0.15) is 56.7 Å². The molecule has 1 N–H and O–H groups in total. The van der Waals surface area contributed by atoms with Crippen molar-refractivity contribution < 1.29 is 19.1 Å². The molecule has 1 aromatic heterocycles. The topological polar surface area (TPSA) is 82.5 Å². The first-order valence-electron chi connectivity index (χ1n) is 7.33. The van der Waals surface area contributed by atoms with Crippen molar-refractivity contribution >= 4 is 12.1 Å². The van der Waals surface area contributed by atoms with Crippen LogP contribution in [0, 0.1) is 6.92 Å². The van der Waals surface area contributed by atoms with Crippen molar-refractivity contribution in [2.75, 3.05) is 13.2 Å². The summed E-state index contributed by atoms with van der Waals surface area (Å²) < 4.78 is 11.8. The van der Waals surface area contributed by atoms with Gasteiger partial charge in [-0.05, 0) is 41.5 Å². The fraction of sp³-hybridized carbons (Fsp3) is 0.667. The molecule has 1 amide bonds. The van der Waals surface area contributed by atoms with Gasteiger partial charge in [-0.3, -0.25) is 4.68 Å². The molecular formula is C15H25N3O4. The van der Waals surface area contributed by atoms with Crippen LogP contribution in [-0.4, -0.2) is 40.6 Å². The molecule has 1 atom stereocenters. The second-order valence-corrected chi connectivity index (χ2v) is 6.07. The van der Waals surface area contributed by atoms with Crippen LogP contribution in [0.5, 0.6) is 0 Å². The molecule has 0 bridgehead atoms. The molecule has 124 valence electrons. The number of aryl methyl sites for hydroxylation is 1. The number of nitrogens with zero attached hydrogens (tertiary/aromatic N) is 2. The van der Waals surface area contributed by atoms with Crippen LogP contribution in [0.25, 0.3) is 0 Å². The largest absolute Gasteiger partial charge is 0.461 e. The van der Waals surface area contributed by atoms with Crippen LogP contribution in [0.15, 0.2) is 6.20 Å². The summed E-state index contributed by atoms with van der Waals surface area (Å²) in [5, 5.41) is 6.87. The SMILES string of the molecule is CCOC(=O)c1c(C)cnn1[C@@H](C)CNC(=O)OC(C)(C)C. The number of aromatic nitrogens is 2. The molecule has 7 heteroatoms. The Labute approximate surface area is 131 Å². The predicted octanol–water partition coefficient (Wildman–Crippen LogP) is 2.45. The van der Waals surface area contributed by atoms with E-state index in [1.807, 2.05) is 6.92 Å². The van der Waals surface area contributed by atoms with Gasteiger partial charge in [-0.15, -0.1) is 0 Å². The van der Waals surface area contributed by atoms with Gasteiger partial charge in [-0.2, -0.15) is 5.10 Å². The van der Waals surface area contributed by atoms with E-state index in [4.69, 9.17) is 9.47 Å². The number of carbonyl (C=O) groups is 2. The summed E-state index contributed by atoms with van der Waals surface area (Å²) in [4.78, 5) is 23.6. The van der Waals surface area contributed by atoms with Crippen molar-refractivity contribution in [2.45, 2.75) is 53.2 Å². The molecule has 7 nitrogen and oxygen atoms in total. The summed E-state index contributed by atoms with van der Waals surface area (Å²) in [7, 11) is 0. The summed E-state index contributed by atoms with van der Waals surface area (Å²) in [5.74, 6) is -0.415. The average Bonchev–Trinajstić information content (AvgIpc) is 2.76. The Morgan fingerprint density at radius 1 is 1.41 bits per heavy atom. The Bertz CT molecular complexity index is 531. The summed E-state index contributed by atoms with van der Waals surface area (Å²) in [5.41, 5.74) is 0.592. The lowest BCUT2D eigenvalue weighted by molar-refractivity contribution is 0.0507. The highest BCUT2D eigenvalue weighted by Gasteiger charge is 2.22. The predicted molar refractivity (Wildman–Crippen MR) is 81.9 cm³/mol. The maximum absolute atomic E-state index is 12.0. The molecule has 1 rings (SSSR count). The van der Waals surface area contributed by atoms with E-state index in [1.54, 1.807) is 45.5 Å². The van der Waals surface area contributed by atoms with Crippen LogP contribution in [0.2, 0.25) is 0 Å². The first-order chi connectivity index (χ1) is 10.2. The van der Waals surface area contributed by atoms with Gasteiger partial charge in [-0.25, -0.2) is 9.59 Å². The Hall–Kier alpha value is -2.05. The fourth-order valence-electron chi connectivity index (χ4n) is 1.87. The zero-order valence-electron chi connectivity index (χ0n) is 14.1. The van der Waals surface area contributed by atoms with Gasteiger partial charge >= 0.3 is 12.1 Å². The zero-order chi connectivity index (χ0) is 16.9. The average molecular weight is 311 g/mol. The van der Waals surface area contributed by atoms with Gasteiger partial charge < -0.3 is 14.8 Å². The highest BCUT2D eigenvalue weighted by molar-refractivity contribution is 5.89. The Kier molecular flexibility index (Phi) is 5.96. The second kappa shape index (κ2) is 7.29. The van der Waals surface area contributed by atoms with Gasteiger partial charge in [0.1, 0.15) is 11.3 Å².